The molecule has 15 heavy (non-hydrogen) atoms. The summed E-state index contributed by atoms with van der Waals surface area (Å²) in [7, 11) is 0. The Labute approximate surface area is 96.7 Å². The first-order chi connectivity index (χ1) is 7.20. The Morgan fingerprint density at radius 2 is 2.33 bits per heavy atom. The minimum atomic E-state index is 0.345. The molecule has 3 atom stereocenters. The average molecular weight is 227 g/mol. The van der Waals surface area contributed by atoms with Gasteiger partial charge in [-0.05, 0) is 32.1 Å². The molecule has 84 valence electrons. The minimum absolute atomic E-state index is 0.345. The van der Waals surface area contributed by atoms with Crippen molar-refractivity contribution in [2.24, 2.45) is 5.92 Å². The Kier molecular flexibility index (Phi) is 3.35. The number of aryl methyl sites for hydroxylation is 1. The van der Waals surface area contributed by atoms with Crippen molar-refractivity contribution in [1.82, 2.24) is 9.55 Å². The third kappa shape index (κ3) is 2.36. The maximum absolute atomic E-state index is 6.23. The summed E-state index contributed by atoms with van der Waals surface area (Å²) in [6.07, 6.45) is 7.59. The van der Waals surface area contributed by atoms with Gasteiger partial charge in [0, 0.05) is 24.0 Å². The Morgan fingerprint density at radius 1 is 1.53 bits per heavy atom. The third-order valence-corrected chi connectivity index (χ3v) is 3.93. The lowest BCUT2D eigenvalue weighted by molar-refractivity contribution is 0.330. The highest BCUT2D eigenvalue weighted by Crippen LogP contribution is 2.38. The molecule has 1 heterocycles. The first-order valence-electron chi connectivity index (χ1n) is 5.86. The maximum Gasteiger partial charge on any atom is 0.0949 e. The van der Waals surface area contributed by atoms with Crippen molar-refractivity contribution >= 4 is 11.6 Å². The van der Waals surface area contributed by atoms with Gasteiger partial charge in [0.1, 0.15) is 0 Å². The van der Waals surface area contributed by atoms with Gasteiger partial charge < -0.3 is 4.57 Å². The van der Waals surface area contributed by atoms with Crippen LogP contribution in [0.25, 0.3) is 0 Å². The van der Waals surface area contributed by atoms with Crippen LogP contribution < -0.4 is 0 Å². The minimum Gasteiger partial charge on any atom is -0.337 e. The molecule has 0 radical (unpaired) electrons. The monoisotopic (exact) mass is 226 g/mol. The predicted molar refractivity (Wildman–Crippen MR) is 63.3 cm³/mol. The standard InChI is InChI=1S/C12H19ClN2/c1-3-15-7-12(14-8-15)11-6-10(13)5-4-9(11)2/h7-11H,3-6H2,1-2H3. The molecule has 3 heteroatoms. The summed E-state index contributed by atoms with van der Waals surface area (Å²) in [6, 6.07) is 0. The van der Waals surface area contributed by atoms with E-state index in [0.717, 1.165) is 25.3 Å². The molecule has 1 aromatic heterocycles. The summed E-state index contributed by atoms with van der Waals surface area (Å²) < 4.78 is 2.14. The van der Waals surface area contributed by atoms with Crippen molar-refractivity contribution < 1.29 is 0 Å². The van der Waals surface area contributed by atoms with Crippen LogP contribution in [0, 0.1) is 5.92 Å². The van der Waals surface area contributed by atoms with Crippen LogP contribution in [0.5, 0.6) is 0 Å². The van der Waals surface area contributed by atoms with Gasteiger partial charge in [0.05, 0.1) is 12.0 Å². The molecule has 0 bridgehead atoms. The van der Waals surface area contributed by atoms with Crippen molar-refractivity contribution in [3.63, 3.8) is 0 Å². The van der Waals surface area contributed by atoms with Gasteiger partial charge in [0.15, 0.2) is 0 Å². The molecule has 3 unspecified atom stereocenters. The van der Waals surface area contributed by atoms with E-state index >= 15 is 0 Å². The molecule has 1 aromatic rings. The van der Waals surface area contributed by atoms with Gasteiger partial charge in [-0.15, -0.1) is 11.6 Å². The van der Waals surface area contributed by atoms with Gasteiger partial charge in [-0.3, -0.25) is 0 Å². The average Bonchev–Trinajstić information content (AvgIpc) is 2.70. The van der Waals surface area contributed by atoms with Crippen molar-refractivity contribution in [2.75, 3.05) is 0 Å². The van der Waals surface area contributed by atoms with E-state index in [4.69, 9.17) is 11.6 Å². The van der Waals surface area contributed by atoms with Crippen LogP contribution >= 0.6 is 11.6 Å². The van der Waals surface area contributed by atoms with E-state index in [1.807, 2.05) is 6.33 Å². The van der Waals surface area contributed by atoms with Gasteiger partial charge in [-0.2, -0.15) is 0 Å². The molecular formula is C12H19ClN2. The summed E-state index contributed by atoms with van der Waals surface area (Å²) in [6.45, 7) is 5.46. The summed E-state index contributed by atoms with van der Waals surface area (Å²) >= 11 is 6.23. The van der Waals surface area contributed by atoms with Gasteiger partial charge in [-0.25, -0.2) is 4.98 Å². The number of aromatic nitrogens is 2. The van der Waals surface area contributed by atoms with Crippen LogP contribution in [0.2, 0.25) is 0 Å². The van der Waals surface area contributed by atoms with Crippen molar-refractivity contribution in [3.8, 4) is 0 Å². The van der Waals surface area contributed by atoms with Crippen molar-refractivity contribution in [3.05, 3.63) is 18.2 Å². The van der Waals surface area contributed by atoms with Gasteiger partial charge in [-0.1, -0.05) is 6.92 Å². The van der Waals surface area contributed by atoms with E-state index in [0.29, 0.717) is 11.3 Å². The zero-order valence-corrected chi connectivity index (χ0v) is 10.2. The molecule has 2 rings (SSSR count). The van der Waals surface area contributed by atoms with Crippen LogP contribution in [0.15, 0.2) is 12.5 Å². The lowest BCUT2D eigenvalue weighted by atomic mass is 9.78. The Morgan fingerprint density at radius 3 is 3.00 bits per heavy atom. The maximum atomic E-state index is 6.23. The highest BCUT2D eigenvalue weighted by molar-refractivity contribution is 6.20. The Hall–Kier alpha value is -0.500. The molecule has 0 spiro atoms. The van der Waals surface area contributed by atoms with E-state index < -0.39 is 0 Å². The first kappa shape index (κ1) is 11.0. The Balaban J connectivity index is 2.13. The molecule has 0 N–H and O–H groups in total. The molecule has 1 aliphatic carbocycles. The van der Waals surface area contributed by atoms with Gasteiger partial charge >= 0.3 is 0 Å². The molecule has 1 fully saturated rings. The lowest BCUT2D eigenvalue weighted by Crippen LogP contribution is -2.21. The quantitative estimate of drug-likeness (QED) is 0.707. The predicted octanol–water partition coefficient (Wildman–Crippen LogP) is 3.41. The normalized spacial score (nSPS) is 31.8. The molecule has 1 aliphatic rings. The Bertz CT molecular complexity index is 321. The largest absolute Gasteiger partial charge is 0.337 e. The van der Waals surface area contributed by atoms with E-state index in [1.165, 1.54) is 12.1 Å². The molecule has 0 aromatic carbocycles. The SMILES string of the molecule is CCn1cnc(C2CC(Cl)CCC2C)c1. The number of hydrogen-bond donors (Lipinski definition) is 0. The third-order valence-electron chi connectivity index (χ3n) is 3.53. The van der Waals surface area contributed by atoms with Gasteiger partial charge in [0.25, 0.3) is 0 Å². The van der Waals surface area contributed by atoms with E-state index in [2.05, 4.69) is 29.6 Å². The van der Waals surface area contributed by atoms with E-state index in [9.17, 15) is 0 Å². The lowest BCUT2D eigenvalue weighted by Gasteiger charge is -2.30. The number of hydrogen-bond acceptors (Lipinski definition) is 1. The second-order valence-electron chi connectivity index (χ2n) is 4.62. The second kappa shape index (κ2) is 4.56. The number of rotatable bonds is 2. The highest BCUT2D eigenvalue weighted by atomic mass is 35.5. The van der Waals surface area contributed by atoms with Crippen LogP contribution in [-0.2, 0) is 6.54 Å². The summed E-state index contributed by atoms with van der Waals surface area (Å²) in [5, 5.41) is 0.345. The summed E-state index contributed by atoms with van der Waals surface area (Å²) in [4.78, 5) is 4.50. The topological polar surface area (TPSA) is 17.8 Å². The highest BCUT2D eigenvalue weighted by Gasteiger charge is 2.29. The first-order valence-corrected chi connectivity index (χ1v) is 6.30. The summed E-state index contributed by atoms with van der Waals surface area (Å²) in [5.41, 5.74) is 1.23. The molecule has 0 saturated heterocycles. The fraction of sp³-hybridized carbons (Fsp3) is 0.750. The van der Waals surface area contributed by atoms with Crippen molar-refractivity contribution in [2.45, 2.75) is 50.9 Å². The van der Waals surface area contributed by atoms with Crippen LogP contribution in [-0.4, -0.2) is 14.9 Å². The molecular weight excluding hydrogens is 208 g/mol. The fourth-order valence-corrected chi connectivity index (χ4v) is 2.74. The van der Waals surface area contributed by atoms with Crippen molar-refractivity contribution in [1.29, 1.82) is 0 Å². The number of halogens is 1. The van der Waals surface area contributed by atoms with Crippen LogP contribution in [0.1, 0.15) is 44.7 Å². The van der Waals surface area contributed by atoms with E-state index in [1.54, 1.807) is 0 Å². The van der Waals surface area contributed by atoms with Crippen LogP contribution in [0.4, 0.5) is 0 Å². The van der Waals surface area contributed by atoms with Gasteiger partial charge in [0.2, 0.25) is 0 Å². The molecule has 1 saturated carbocycles. The zero-order valence-electron chi connectivity index (χ0n) is 9.49. The second-order valence-corrected chi connectivity index (χ2v) is 5.24. The number of nitrogens with zero attached hydrogens (tertiary/aromatic N) is 2. The van der Waals surface area contributed by atoms with Crippen LogP contribution in [0.3, 0.4) is 0 Å². The zero-order chi connectivity index (χ0) is 10.8. The fourth-order valence-electron chi connectivity index (χ4n) is 2.42. The number of alkyl halides is 1. The number of imidazole rings is 1. The molecule has 0 aliphatic heterocycles. The molecule has 2 nitrogen and oxygen atoms in total. The summed E-state index contributed by atoms with van der Waals surface area (Å²) in [5.74, 6) is 1.29. The smallest absolute Gasteiger partial charge is 0.0949 e. The van der Waals surface area contributed by atoms with E-state index in [-0.39, 0.29) is 0 Å². The molecule has 0 amide bonds.